The second kappa shape index (κ2) is 6.74. The molecule has 0 spiro atoms. The van der Waals surface area contributed by atoms with Crippen LogP contribution in [0.4, 0.5) is 0 Å². The second-order valence-electron chi connectivity index (χ2n) is 5.50. The number of aryl methyl sites for hydroxylation is 1. The van der Waals surface area contributed by atoms with Gasteiger partial charge in [-0.2, -0.15) is 5.10 Å². The first kappa shape index (κ1) is 15.5. The molecule has 1 N–H and O–H groups in total. The number of nitrogens with zero attached hydrogens (tertiary/aromatic N) is 3. The van der Waals surface area contributed by atoms with Gasteiger partial charge in [-0.3, -0.25) is 14.3 Å². The summed E-state index contributed by atoms with van der Waals surface area (Å²) in [5, 5.41) is 7.10. The zero-order valence-corrected chi connectivity index (χ0v) is 13.1. The van der Waals surface area contributed by atoms with Crippen LogP contribution in [0.3, 0.4) is 0 Å². The van der Waals surface area contributed by atoms with E-state index in [0.717, 1.165) is 25.1 Å². The molecule has 2 heterocycles. The van der Waals surface area contributed by atoms with E-state index in [1.807, 2.05) is 18.5 Å². The van der Waals surface area contributed by atoms with Crippen LogP contribution in [0.15, 0.2) is 6.20 Å². The van der Waals surface area contributed by atoms with Crippen LogP contribution < -0.4 is 5.32 Å². The molecular formula is C15H24N4O2. The first-order valence-corrected chi connectivity index (χ1v) is 7.67. The largest absolute Gasteiger partial charge is 0.356 e. The van der Waals surface area contributed by atoms with Crippen molar-refractivity contribution in [1.82, 2.24) is 20.0 Å². The van der Waals surface area contributed by atoms with Crippen LogP contribution in [0.2, 0.25) is 0 Å². The van der Waals surface area contributed by atoms with E-state index in [1.54, 1.807) is 11.1 Å². The maximum Gasteiger partial charge on any atom is 0.257 e. The van der Waals surface area contributed by atoms with Gasteiger partial charge in [-0.1, -0.05) is 6.92 Å². The van der Waals surface area contributed by atoms with E-state index in [1.165, 1.54) is 0 Å². The molecular weight excluding hydrogens is 268 g/mol. The number of aromatic nitrogens is 2. The number of carbonyl (C=O) groups is 2. The highest BCUT2D eigenvalue weighted by Crippen LogP contribution is 2.20. The van der Waals surface area contributed by atoms with Gasteiger partial charge in [0.05, 0.1) is 17.7 Å². The molecule has 1 saturated heterocycles. The van der Waals surface area contributed by atoms with Crippen LogP contribution in [0, 0.1) is 12.8 Å². The standard InChI is InChI=1S/C15H24N4O2/c1-4-7-19-11(3)13(9-17-19)15(21)18-8-6-12(10-18)14(20)16-5-2/h9,12H,4-8,10H2,1-3H3,(H,16,20)/t12-/m1/s1. The van der Waals surface area contributed by atoms with Crippen molar-refractivity contribution in [3.8, 4) is 0 Å². The molecule has 1 aromatic heterocycles. The first-order valence-electron chi connectivity index (χ1n) is 7.67. The molecule has 0 radical (unpaired) electrons. The number of hydrogen-bond acceptors (Lipinski definition) is 3. The van der Waals surface area contributed by atoms with Gasteiger partial charge in [0.2, 0.25) is 5.91 Å². The molecule has 0 aliphatic carbocycles. The fourth-order valence-corrected chi connectivity index (χ4v) is 2.74. The average Bonchev–Trinajstić information content (AvgIpc) is 3.07. The smallest absolute Gasteiger partial charge is 0.257 e. The molecule has 0 bridgehead atoms. The maximum atomic E-state index is 12.6. The van der Waals surface area contributed by atoms with Crippen LogP contribution in [-0.4, -0.2) is 46.1 Å². The van der Waals surface area contributed by atoms with Gasteiger partial charge in [-0.05, 0) is 26.7 Å². The van der Waals surface area contributed by atoms with Crippen LogP contribution in [0.1, 0.15) is 42.7 Å². The number of amides is 2. The van der Waals surface area contributed by atoms with Crippen LogP contribution >= 0.6 is 0 Å². The van der Waals surface area contributed by atoms with Gasteiger partial charge in [0.1, 0.15) is 0 Å². The molecule has 0 unspecified atom stereocenters. The zero-order valence-electron chi connectivity index (χ0n) is 13.1. The molecule has 1 aromatic rings. The van der Waals surface area contributed by atoms with Crippen molar-refractivity contribution < 1.29 is 9.59 Å². The molecule has 21 heavy (non-hydrogen) atoms. The Balaban J connectivity index is 2.03. The number of likely N-dealkylation sites (tertiary alicyclic amines) is 1. The lowest BCUT2D eigenvalue weighted by Crippen LogP contribution is -2.34. The Hall–Kier alpha value is -1.85. The lowest BCUT2D eigenvalue weighted by Gasteiger charge is -2.16. The molecule has 1 fully saturated rings. The van der Waals surface area contributed by atoms with E-state index in [4.69, 9.17) is 0 Å². The van der Waals surface area contributed by atoms with Gasteiger partial charge in [0.15, 0.2) is 0 Å². The Morgan fingerprint density at radius 1 is 1.43 bits per heavy atom. The molecule has 0 aromatic carbocycles. The lowest BCUT2D eigenvalue weighted by molar-refractivity contribution is -0.124. The van der Waals surface area contributed by atoms with Crippen molar-refractivity contribution in [2.24, 2.45) is 5.92 Å². The average molecular weight is 292 g/mol. The maximum absolute atomic E-state index is 12.6. The van der Waals surface area contributed by atoms with E-state index in [0.29, 0.717) is 25.2 Å². The quantitative estimate of drug-likeness (QED) is 0.886. The highest BCUT2D eigenvalue weighted by molar-refractivity contribution is 5.95. The highest BCUT2D eigenvalue weighted by atomic mass is 16.2. The Kier molecular flexibility index (Phi) is 4.98. The minimum absolute atomic E-state index is 0.0124. The molecule has 1 atom stereocenters. The molecule has 116 valence electrons. The van der Waals surface area contributed by atoms with Crippen molar-refractivity contribution in [2.75, 3.05) is 19.6 Å². The van der Waals surface area contributed by atoms with Crippen molar-refractivity contribution in [1.29, 1.82) is 0 Å². The topological polar surface area (TPSA) is 67.2 Å². The van der Waals surface area contributed by atoms with E-state index >= 15 is 0 Å². The van der Waals surface area contributed by atoms with Gasteiger partial charge >= 0.3 is 0 Å². The Morgan fingerprint density at radius 2 is 2.19 bits per heavy atom. The van der Waals surface area contributed by atoms with E-state index < -0.39 is 0 Å². The molecule has 1 aliphatic rings. The summed E-state index contributed by atoms with van der Waals surface area (Å²) in [4.78, 5) is 26.2. The van der Waals surface area contributed by atoms with Crippen molar-refractivity contribution in [2.45, 2.75) is 40.2 Å². The number of nitrogens with one attached hydrogen (secondary N) is 1. The molecule has 2 amide bonds. The Labute approximate surface area is 125 Å². The monoisotopic (exact) mass is 292 g/mol. The van der Waals surface area contributed by atoms with E-state index in [-0.39, 0.29) is 17.7 Å². The van der Waals surface area contributed by atoms with Crippen LogP contribution in [0.5, 0.6) is 0 Å². The Bertz CT molecular complexity index is 524. The van der Waals surface area contributed by atoms with Crippen molar-refractivity contribution >= 4 is 11.8 Å². The fourth-order valence-electron chi connectivity index (χ4n) is 2.74. The van der Waals surface area contributed by atoms with Crippen molar-refractivity contribution in [3.05, 3.63) is 17.5 Å². The van der Waals surface area contributed by atoms with Crippen LogP contribution in [-0.2, 0) is 11.3 Å². The van der Waals surface area contributed by atoms with Crippen molar-refractivity contribution in [3.63, 3.8) is 0 Å². The van der Waals surface area contributed by atoms with Gasteiger partial charge in [0, 0.05) is 31.9 Å². The van der Waals surface area contributed by atoms with Gasteiger partial charge < -0.3 is 10.2 Å². The fraction of sp³-hybridized carbons (Fsp3) is 0.667. The third-order valence-electron chi connectivity index (χ3n) is 3.97. The molecule has 6 heteroatoms. The summed E-state index contributed by atoms with van der Waals surface area (Å²) in [5.74, 6) is -0.0484. The number of hydrogen-bond donors (Lipinski definition) is 1. The predicted octanol–water partition coefficient (Wildman–Crippen LogP) is 1.20. The first-order chi connectivity index (χ1) is 10.1. The highest BCUT2D eigenvalue weighted by Gasteiger charge is 2.32. The van der Waals surface area contributed by atoms with Gasteiger partial charge in [-0.15, -0.1) is 0 Å². The van der Waals surface area contributed by atoms with Gasteiger partial charge in [-0.25, -0.2) is 0 Å². The van der Waals surface area contributed by atoms with Gasteiger partial charge in [0.25, 0.3) is 5.91 Å². The normalized spacial score (nSPS) is 18.0. The number of carbonyl (C=O) groups excluding carboxylic acids is 2. The van der Waals surface area contributed by atoms with E-state index in [9.17, 15) is 9.59 Å². The van der Waals surface area contributed by atoms with Crippen LogP contribution in [0.25, 0.3) is 0 Å². The molecule has 0 saturated carbocycles. The summed E-state index contributed by atoms with van der Waals surface area (Å²) >= 11 is 0. The molecule has 2 rings (SSSR count). The second-order valence-corrected chi connectivity index (χ2v) is 5.50. The Morgan fingerprint density at radius 3 is 2.86 bits per heavy atom. The summed E-state index contributed by atoms with van der Waals surface area (Å²) in [6.45, 7) is 8.50. The SMILES string of the molecule is CCCn1ncc(C(=O)N2CC[C@@H](C(=O)NCC)C2)c1C. The van der Waals surface area contributed by atoms with E-state index in [2.05, 4.69) is 17.3 Å². The third kappa shape index (κ3) is 3.25. The number of rotatable bonds is 5. The summed E-state index contributed by atoms with van der Waals surface area (Å²) < 4.78 is 1.87. The molecule has 6 nitrogen and oxygen atoms in total. The minimum atomic E-state index is -0.0834. The minimum Gasteiger partial charge on any atom is -0.356 e. The lowest BCUT2D eigenvalue weighted by atomic mass is 10.1. The summed E-state index contributed by atoms with van der Waals surface area (Å²) in [6.07, 6.45) is 3.37. The molecule has 1 aliphatic heterocycles. The summed E-state index contributed by atoms with van der Waals surface area (Å²) in [7, 11) is 0. The zero-order chi connectivity index (χ0) is 15.4. The summed E-state index contributed by atoms with van der Waals surface area (Å²) in [5.41, 5.74) is 1.56. The predicted molar refractivity (Wildman–Crippen MR) is 79.9 cm³/mol. The summed E-state index contributed by atoms with van der Waals surface area (Å²) in [6, 6.07) is 0. The third-order valence-corrected chi connectivity index (χ3v) is 3.97.